The summed E-state index contributed by atoms with van der Waals surface area (Å²) in [4.78, 5) is 25.3. The second-order valence-corrected chi connectivity index (χ2v) is 8.61. The van der Waals surface area contributed by atoms with E-state index in [0.29, 0.717) is 43.5 Å². The van der Waals surface area contributed by atoms with Gasteiger partial charge in [-0.1, -0.05) is 17.7 Å². The van der Waals surface area contributed by atoms with Gasteiger partial charge in [0.2, 0.25) is 0 Å². The van der Waals surface area contributed by atoms with E-state index >= 15 is 0 Å². The first kappa shape index (κ1) is 26.1. The van der Waals surface area contributed by atoms with Crippen molar-refractivity contribution in [3.8, 4) is 23.3 Å². The molecule has 0 radical (unpaired) electrons. The standard InChI is InChI=1S/C26H20ClIN2O5/c1-3-34-23-13-16(11-18(15-29)25(31)30-20-6-4-5-19(27)14-20)12-22(28)24(23)35-26(32)17-7-9-21(33-2)10-8-17/h4-14H,3H2,1-2H3,(H,30,31)/b18-11+. The van der Waals surface area contributed by atoms with E-state index in [2.05, 4.69) is 5.32 Å². The van der Waals surface area contributed by atoms with Gasteiger partial charge >= 0.3 is 5.97 Å². The number of anilines is 1. The van der Waals surface area contributed by atoms with Crippen molar-refractivity contribution in [1.29, 1.82) is 5.26 Å². The highest BCUT2D eigenvalue weighted by Crippen LogP contribution is 2.35. The van der Waals surface area contributed by atoms with E-state index in [4.69, 9.17) is 25.8 Å². The number of ether oxygens (including phenoxy) is 3. The Hall–Kier alpha value is -3.55. The van der Waals surface area contributed by atoms with E-state index < -0.39 is 11.9 Å². The maximum atomic E-state index is 12.7. The van der Waals surface area contributed by atoms with Crippen LogP contribution in [0.4, 0.5) is 5.69 Å². The van der Waals surface area contributed by atoms with Gasteiger partial charge in [-0.15, -0.1) is 0 Å². The maximum Gasteiger partial charge on any atom is 0.343 e. The van der Waals surface area contributed by atoms with Crippen LogP contribution in [-0.2, 0) is 4.79 Å². The molecule has 9 heteroatoms. The number of halogens is 2. The van der Waals surface area contributed by atoms with Gasteiger partial charge in [-0.3, -0.25) is 4.79 Å². The fourth-order valence-electron chi connectivity index (χ4n) is 2.99. The molecule has 35 heavy (non-hydrogen) atoms. The first-order valence-electron chi connectivity index (χ1n) is 10.4. The number of benzene rings is 3. The average Bonchev–Trinajstić information content (AvgIpc) is 2.84. The summed E-state index contributed by atoms with van der Waals surface area (Å²) in [5.41, 5.74) is 1.22. The van der Waals surface area contributed by atoms with Gasteiger partial charge < -0.3 is 19.5 Å². The van der Waals surface area contributed by atoms with Crippen LogP contribution in [0.25, 0.3) is 6.08 Å². The molecule has 3 rings (SSSR count). The van der Waals surface area contributed by atoms with Crippen molar-refractivity contribution >= 4 is 57.8 Å². The van der Waals surface area contributed by atoms with Gasteiger partial charge in [0.1, 0.15) is 17.4 Å². The lowest BCUT2D eigenvalue weighted by Gasteiger charge is -2.14. The predicted molar refractivity (Wildman–Crippen MR) is 142 cm³/mol. The van der Waals surface area contributed by atoms with Crippen molar-refractivity contribution in [2.24, 2.45) is 0 Å². The summed E-state index contributed by atoms with van der Waals surface area (Å²) in [5, 5.41) is 12.7. The van der Waals surface area contributed by atoms with Crippen molar-refractivity contribution in [1.82, 2.24) is 0 Å². The SMILES string of the molecule is CCOc1cc(/C=C(\C#N)C(=O)Nc2cccc(Cl)c2)cc(I)c1OC(=O)c1ccc(OC)cc1. The minimum atomic E-state index is -0.585. The molecule has 3 aromatic carbocycles. The molecule has 1 amide bonds. The van der Waals surface area contributed by atoms with E-state index in [1.165, 1.54) is 6.08 Å². The summed E-state index contributed by atoms with van der Waals surface area (Å²) in [6.07, 6.45) is 1.43. The van der Waals surface area contributed by atoms with Crippen molar-refractivity contribution < 1.29 is 23.8 Å². The Labute approximate surface area is 221 Å². The van der Waals surface area contributed by atoms with Crippen LogP contribution in [0.3, 0.4) is 0 Å². The van der Waals surface area contributed by atoms with Crippen LogP contribution < -0.4 is 19.5 Å². The molecule has 3 aromatic rings. The fourth-order valence-corrected chi connectivity index (χ4v) is 3.92. The van der Waals surface area contributed by atoms with Crippen molar-refractivity contribution in [2.45, 2.75) is 6.92 Å². The molecule has 0 aliphatic carbocycles. The molecule has 0 fully saturated rings. The Kier molecular flexibility index (Phi) is 9.11. The van der Waals surface area contributed by atoms with Gasteiger partial charge in [0.05, 0.1) is 22.9 Å². The number of hydrogen-bond acceptors (Lipinski definition) is 6. The Morgan fingerprint density at radius 3 is 2.51 bits per heavy atom. The monoisotopic (exact) mass is 602 g/mol. The topological polar surface area (TPSA) is 97.6 Å². The molecular formula is C26H20ClIN2O5. The Bertz CT molecular complexity index is 1320. The van der Waals surface area contributed by atoms with Crippen LogP contribution in [0.2, 0.25) is 5.02 Å². The summed E-state index contributed by atoms with van der Waals surface area (Å²) >= 11 is 7.96. The molecule has 0 unspecified atom stereocenters. The zero-order valence-corrected chi connectivity index (χ0v) is 21.7. The minimum Gasteiger partial charge on any atom is -0.497 e. The predicted octanol–water partition coefficient (Wildman–Crippen LogP) is 6.12. The Morgan fingerprint density at radius 2 is 1.89 bits per heavy atom. The molecule has 178 valence electrons. The van der Waals surface area contributed by atoms with E-state index in [1.807, 2.05) is 28.7 Å². The van der Waals surface area contributed by atoms with Crippen LogP contribution in [-0.4, -0.2) is 25.6 Å². The first-order chi connectivity index (χ1) is 16.8. The van der Waals surface area contributed by atoms with Gasteiger partial charge in [0.15, 0.2) is 11.5 Å². The summed E-state index contributed by atoms with van der Waals surface area (Å²) in [6.45, 7) is 2.11. The molecule has 0 saturated carbocycles. The summed E-state index contributed by atoms with van der Waals surface area (Å²) < 4.78 is 17.0. The number of hydrogen-bond donors (Lipinski definition) is 1. The third-order valence-electron chi connectivity index (χ3n) is 4.61. The van der Waals surface area contributed by atoms with Crippen LogP contribution in [0.5, 0.6) is 17.2 Å². The van der Waals surface area contributed by atoms with Crippen LogP contribution in [0.1, 0.15) is 22.8 Å². The normalized spacial score (nSPS) is 10.8. The lowest BCUT2D eigenvalue weighted by Crippen LogP contribution is -2.13. The third-order valence-corrected chi connectivity index (χ3v) is 5.65. The molecule has 0 aliphatic heterocycles. The maximum absolute atomic E-state index is 12.7. The summed E-state index contributed by atoms with van der Waals surface area (Å²) in [7, 11) is 1.54. The smallest absolute Gasteiger partial charge is 0.343 e. The number of esters is 1. The molecule has 0 atom stereocenters. The molecule has 0 heterocycles. The third kappa shape index (κ3) is 6.97. The molecule has 0 saturated heterocycles. The van der Waals surface area contributed by atoms with Crippen molar-refractivity contribution in [2.75, 3.05) is 19.0 Å². The Morgan fingerprint density at radius 1 is 1.14 bits per heavy atom. The molecule has 7 nitrogen and oxygen atoms in total. The Balaban J connectivity index is 1.87. The number of amides is 1. The summed E-state index contributed by atoms with van der Waals surface area (Å²) in [5.74, 6) is 0.0218. The molecule has 0 bridgehead atoms. The number of nitrogens with one attached hydrogen (secondary N) is 1. The van der Waals surface area contributed by atoms with Gasteiger partial charge in [-0.25, -0.2) is 4.79 Å². The van der Waals surface area contributed by atoms with Crippen LogP contribution >= 0.6 is 34.2 Å². The van der Waals surface area contributed by atoms with Gasteiger partial charge in [0, 0.05) is 10.7 Å². The second kappa shape index (κ2) is 12.2. The number of nitrogens with zero attached hydrogens (tertiary/aromatic N) is 1. The highest BCUT2D eigenvalue weighted by Gasteiger charge is 2.18. The van der Waals surface area contributed by atoms with Crippen LogP contribution in [0.15, 0.2) is 66.2 Å². The number of carbonyl (C=O) groups excluding carboxylic acids is 2. The van der Waals surface area contributed by atoms with Gasteiger partial charge in [-0.2, -0.15) is 5.26 Å². The fraction of sp³-hybridized carbons (Fsp3) is 0.115. The van der Waals surface area contributed by atoms with Crippen LogP contribution in [0, 0.1) is 14.9 Å². The zero-order chi connectivity index (χ0) is 25.4. The molecule has 0 aromatic heterocycles. The van der Waals surface area contributed by atoms with Crippen molar-refractivity contribution in [3.05, 3.63) is 86.0 Å². The highest BCUT2D eigenvalue weighted by molar-refractivity contribution is 14.1. The van der Waals surface area contributed by atoms with E-state index in [0.717, 1.165) is 0 Å². The molecular weight excluding hydrogens is 583 g/mol. The number of methoxy groups -OCH3 is 1. The number of nitriles is 1. The average molecular weight is 603 g/mol. The van der Waals surface area contributed by atoms with E-state index in [-0.39, 0.29) is 11.3 Å². The first-order valence-corrected chi connectivity index (χ1v) is 11.8. The van der Waals surface area contributed by atoms with Gasteiger partial charge in [-0.05, 0) is 95.8 Å². The molecule has 0 spiro atoms. The lowest BCUT2D eigenvalue weighted by molar-refractivity contribution is -0.112. The molecule has 1 N–H and O–H groups in total. The minimum absolute atomic E-state index is 0.119. The van der Waals surface area contributed by atoms with Crippen molar-refractivity contribution in [3.63, 3.8) is 0 Å². The highest BCUT2D eigenvalue weighted by atomic mass is 127. The second-order valence-electron chi connectivity index (χ2n) is 7.02. The quantitative estimate of drug-likeness (QED) is 0.110. The van der Waals surface area contributed by atoms with Gasteiger partial charge in [0.25, 0.3) is 5.91 Å². The zero-order valence-electron chi connectivity index (χ0n) is 18.8. The molecule has 0 aliphatic rings. The lowest BCUT2D eigenvalue weighted by atomic mass is 10.1. The number of rotatable bonds is 8. The summed E-state index contributed by atoms with van der Waals surface area (Å²) in [6, 6.07) is 18.3. The number of carbonyl (C=O) groups is 2. The van der Waals surface area contributed by atoms with E-state index in [9.17, 15) is 14.9 Å². The largest absolute Gasteiger partial charge is 0.497 e. The van der Waals surface area contributed by atoms with E-state index in [1.54, 1.807) is 74.7 Å².